The Morgan fingerprint density at radius 2 is 1.94 bits per heavy atom. The molecule has 7 rings (SSSR count). The van der Waals surface area contributed by atoms with Gasteiger partial charge in [-0.2, -0.15) is 0 Å². The molecule has 6 heteroatoms. The van der Waals surface area contributed by atoms with Gasteiger partial charge < -0.3 is 24.8 Å². The summed E-state index contributed by atoms with van der Waals surface area (Å²) in [4.78, 5) is 16.6. The van der Waals surface area contributed by atoms with Gasteiger partial charge in [-0.1, -0.05) is 37.3 Å². The Morgan fingerprint density at radius 1 is 1.11 bits per heavy atom. The summed E-state index contributed by atoms with van der Waals surface area (Å²) in [6.07, 6.45) is 11.4. The first-order valence-corrected chi connectivity index (χ1v) is 13.2. The third-order valence-electron chi connectivity index (χ3n) is 10.1. The van der Waals surface area contributed by atoms with Crippen molar-refractivity contribution in [2.45, 2.75) is 68.5 Å². The van der Waals surface area contributed by atoms with Crippen LogP contribution in [0.2, 0.25) is 0 Å². The van der Waals surface area contributed by atoms with E-state index in [2.05, 4.69) is 42.3 Å². The average molecular weight is 487 g/mol. The molecule has 1 saturated carbocycles. The summed E-state index contributed by atoms with van der Waals surface area (Å²) in [7, 11) is 3.93. The maximum absolute atomic E-state index is 11.7. The number of benzene rings is 1. The standard InChI is InChI=1S/C30H34N2O4/c1-28-9-8-20-14-22-26(34)27(35)23(32(2)3)15-29(22)10-11-30(20,36-29)24(28)7-6-21(28)18-5-4-17-13-25(33)31-16-19(17)12-18/h4-6,8,12-14,16,23-24,26-27,34-35H,7,9-11,15H2,1-3H3,(H,31,33)/t23-,24?,26+,27?,28+,29+,30+/m0/s1. The number of pyridine rings is 1. The number of hydrogen-bond donors (Lipinski definition) is 3. The van der Waals surface area contributed by atoms with Crippen LogP contribution < -0.4 is 5.56 Å². The molecule has 6 nitrogen and oxygen atoms in total. The van der Waals surface area contributed by atoms with Crippen LogP contribution in [0.1, 0.15) is 44.6 Å². The Labute approximate surface area is 211 Å². The molecule has 2 aliphatic heterocycles. The van der Waals surface area contributed by atoms with Crippen LogP contribution >= 0.6 is 0 Å². The van der Waals surface area contributed by atoms with Gasteiger partial charge in [0.25, 0.3) is 0 Å². The molecule has 0 amide bonds. The normalized spacial score (nSPS) is 40.9. The Hall–Kier alpha value is -2.51. The molecule has 1 aromatic carbocycles. The lowest BCUT2D eigenvalue weighted by Crippen LogP contribution is -2.61. The SMILES string of the molecule is CN(C)[C@H]1C[C@@]23CC[C@@]4(O2)C(=CC[C@]2(C)C(c5ccc6cc(=O)[nH]cc6c5)=CCC24)C=C3[C@@H](O)C1O. The van der Waals surface area contributed by atoms with Gasteiger partial charge in [-0.3, -0.25) is 4.79 Å². The number of rotatable bonds is 2. The first-order valence-electron chi connectivity index (χ1n) is 13.2. The molecule has 2 aromatic rings. The summed E-state index contributed by atoms with van der Waals surface area (Å²) in [5.74, 6) is 0.310. The molecule has 2 unspecified atom stereocenters. The molecule has 3 N–H and O–H groups in total. The maximum atomic E-state index is 11.7. The van der Waals surface area contributed by atoms with E-state index in [-0.39, 0.29) is 22.6 Å². The van der Waals surface area contributed by atoms with Gasteiger partial charge in [0.05, 0.1) is 17.3 Å². The first kappa shape index (κ1) is 22.7. The number of aliphatic hydroxyl groups is 2. The highest BCUT2D eigenvalue weighted by Crippen LogP contribution is 2.67. The minimum Gasteiger partial charge on any atom is -0.388 e. The Bertz CT molecular complexity index is 1440. The number of aromatic amines is 1. The Kier molecular flexibility index (Phi) is 4.59. The molecule has 3 aliphatic carbocycles. The van der Waals surface area contributed by atoms with Crippen LogP contribution in [0.3, 0.4) is 0 Å². The van der Waals surface area contributed by atoms with E-state index < -0.39 is 17.8 Å². The van der Waals surface area contributed by atoms with Crippen LogP contribution in [0.5, 0.6) is 0 Å². The number of aromatic nitrogens is 1. The van der Waals surface area contributed by atoms with Gasteiger partial charge in [-0.15, -0.1) is 0 Å². The predicted molar refractivity (Wildman–Crippen MR) is 139 cm³/mol. The number of aliphatic hydroxyl groups excluding tert-OH is 2. The average Bonchev–Trinajstić information content (AvgIpc) is 3.37. The summed E-state index contributed by atoms with van der Waals surface area (Å²) in [6.45, 7) is 2.38. The molecule has 5 aliphatic rings. The molecule has 0 radical (unpaired) electrons. The monoisotopic (exact) mass is 486 g/mol. The summed E-state index contributed by atoms with van der Waals surface area (Å²) in [5, 5.41) is 24.0. The molecule has 2 spiro atoms. The quantitative estimate of drug-likeness (QED) is 0.605. The largest absolute Gasteiger partial charge is 0.388 e. The van der Waals surface area contributed by atoms with E-state index in [4.69, 9.17) is 4.74 Å². The van der Waals surface area contributed by atoms with Crippen LogP contribution in [0.25, 0.3) is 16.3 Å². The highest BCUT2D eigenvalue weighted by Gasteiger charge is 2.67. The van der Waals surface area contributed by atoms with E-state index in [1.165, 1.54) is 16.7 Å². The minimum atomic E-state index is -0.905. The van der Waals surface area contributed by atoms with Gasteiger partial charge in [0.2, 0.25) is 5.56 Å². The van der Waals surface area contributed by atoms with Crippen molar-refractivity contribution in [2.75, 3.05) is 14.1 Å². The van der Waals surface area contributed by atoms with Crippen LogP contribution in [0, 0.1) is 11.3 Å². The molecule has 2 fully saturated rings. The molecule has 188 valence electrons. The van der Waals surface area contributed by atoms with E-state index >= 15 is 0 Å². The maximum Gasteiger partial charge on any atom is 0.248 e. The molecular weight excluding hydrogens is 452 g/mol. The molecular formula is C30H34N2O4. The first-order chi connectivity index (χ1) is 17.2. The fraction of sp³-hybridized carbons (Fsp3) is 0.500. The number of H-pyrrole nitrogens is 1. The lowest BCUT2D eigenvalue weighted by atomic mass is 9.58. The topological polar surface area (TPSA) is 85.8 Å². The Balaban J connectivity index is 1.29. The molecule has 2 bridgehead atoms. The third kappa shape index (κ3) is 2.79. The van der Waals surface area contributed by atoms with Gasteiger partial charge in [-0.05, 0) is 85.3 Å². The Morgan fingerprint density at radius 3 is 2.75 bits per heavy atom. The number of nitrogens with zero attached hydrogens (tertiary/aromatic N) is 1. The zero-order chi connectivity index (χ0) is 25.0. The van der Waals surface area contributed by atoms with E-state index in [0.29, 0.717) is 12.3 Å². The van der Waals surface area contributed by atoms with Gasteiger partial charge in [0, 0.05) is 29.6 Å². The van der Waals surface area contributed by atoms with Crippen LogP contribution in [-0.4, -0.2) is 63.6 Å². The van der Waals surface area contributed by atoms with Gasteiger partial charge in [-0.25, -0.2) is 0 Å². The molecule has 3 heterocycles. The zero-order valence-electron chi connectivity index (χ0n) is 21.1. The number of fused-ring (bicyclic) bond motifs is 2. The van der Waals surface area contributed by atoms with Crippen LogP contribution in [-0.2, 0) is 4.74 Å². The number of ether oxygens (including phenoxy) is 1. The fourth-order valence-electron chi connectivity index (χ4n) is 8.28. The second-order valence-electron chi connectivity index (χ2n) is 12.1. The number of likely N-dealkylation sites (N-methyl/N-ethyl adjacent to an activating group) is 1. The smallest absolute Gasteiger partial charge is 0.248 e. The van der Waals surface area contributed by atoms with Crippen molar-refractivity contribution in [1.82, 2.24) is 9.88 Å². The predicted octanol–water partition coefficient (Wildman–Crippen LogP) is 3.55. The third-order valence-corrected chi connectivity index (χ3v) is 10.1. The molecule has 1 saturated heterocycles. The van der Waals surface area contributed by atoms with Crippen molar-refractivity contribution >= 4 is 16.3 Å². The van der Waals surface area contributed by atoms with Crippen LogP contribution in [0.15, 0.2) is 64.6 Å². The number of nitrogens with one attached hydrogen (secondary N) is 1. The van der Waals surface area contributed by atoms with Gasteiger partial charge >= 0.3 is 0 Å². The second-order valence-corrected chi connectivity index (χ2v) is 12.1. The summed E-state index contributed by atoms with van der Waals surface area (Å²) >= 11 is 0. The van der Waals surface area contributed by atoms with Crippen molar-refractivity contribution < 1.29 is 14.9 Å². The number of hydrogen-bond acceptors (Lipinski definition) is 5. The fourth-order valence-corrected chi connectivity index (χ4v) is 8.28. The van der Waals surface area contributed by atoms with E-state index in [1.54, 1.807) is 12.3 Å². The molecule has 36 heavy (non-hydrogen) atoms. The van der Waals surface area contributed by atoms with Crippen molar-refractivity contribution in [3.8, 4) is 0 Å². The van der Waals surface area contributed by atoms with Gasteiger partial charge in [0.15, 0.2) is 0 Å². The lowest BCUT2D eigenvalue weighted by molar-refractivity contribution is -0.161. The minimum absolute atomic E-state index is 0.0655. The molecule has 7 atom stereocenters. The second kappa shape index (κ2) is 7.29. The lowest BCUT2D eigenvalue weighted by Gasteiger charge is -2.55. The van der Waals surface area contributed by atoms with E-state index in [9.17, 15) is 15.0 Å². The summed E-state index contributed by atoms with van der Waals surface area (Å²) in [5.41, 5.74) is 3.59. The van der Waals surface area contributed by atoms with E-state index in [1.807, 2.05) is 25.1 Å². The van der Waals surface area contributed by atoms with Crippen LogP contribution in [0.4, 0.5) is 0 Å². The molecule has 1 aromatic heterocycles. The summed E-state index contributed by atoms with van der Waals surface area (Å²) < 4.78 is 7.22. The van der Waals surface area contributed by atoms with Gasteiger partial charge in [0.1, 0.15) is 6.10 Å². The zero-order valence-corrected chi connectivity index (χ0v) is 21.1. The highest BCUT2D eigenvalue weighted by molar-refractivity contribution is 5.87. The van der Waals surface area contributed by atoms with Crippen molar-refractivity contribution in [3.05, 3.63) is 75.8 Å². The van der Waals surface area contributed by atoms with Crippen molar-refractivity contribution in [1.29, 1.82) is 0 Å². The highest BCUT2D eigenvalue weighted by atomic mass is 16.5. The van der Waals surface area contributed by atoms with Crippen molar-refractivity contribution in [3.63, 3.8) is 0 Å². The summed E-state index contributed by atoms with van der Waals surface area (Å²) in [6, 6.07) is 7.89. The van der Waals surface area contributed by atoms with E-state index in [0.717, 1.165) is 42.0 Å². The van der Waals surface area contributed by atoms with Crippen molar-refractivity contribution in [2.24, 2.45) is 11.3 Å². The number of allylic oxidation sites excluding steroid dienone is 3.